The first-order valence-electron chi connectivity index (χ1n) is 7.38. The van der Waals surface area contributed by atoms with E-state index in [1.165, 1.54) is 6.42 Å². The molecular weight excluding hydrogens is 282 g/mol. The van der Waals surface area contributed by atoms with Gasteiger partial charge in [-0.15, -0.1) is 0 Å². The third kappa shape index (κ3) is 2.11. The molecule has 0 aromatic carbocycles. The predicted octanol–water partition coefficient (Wildman–Crippen LogP) is 1.59. The van der Waals surface area contributed by atoms with Crippen molar-refractivity contribution in [3.8, 4) is 0 Å². The van der Waals surface area contributed by atoms with E-state index in [-0.39, 0.29) is 0 Å². The highest BCUT2D eigenvalue weighted by Crippen LogP contribution is 2.35. The lowest BCUT2D eigenvalue weighted by molar-refractivity contribution is 0.291. The number of imidazole rings is 1. The summed E-state index contributed by atoms with van der Waals surface area (Å²) in [6.07, 6.45) is 6.83. The van der Waals surface area contributed by atoms with Gasteiger partial charge in [0.05, 0.1) is 12.9 Å². The van der Waals surface area contributed by atoms with Crippen molar-refractivity contribution in [2.75, 3.05) is 19.0 Å². The van der Waals surface area contributed by atoms with E-state index in [0.717, 1.165) is 35.7 Å². The smallest absolute Gasteiger partial charge is 0.229 e. The van der Waals surface area contributed by atoms with Crippen LogP contribution in [0.4, 0.5) is 5.82 Å². The van der Waals surface area contributed by atoms with Crippen molar-refractivity contribution in [3.63, 3.8) is 0 Å². The van der Waals surface area contributed by atoms with Crippen LogP contribution in [0.3, 0.4) is 0 Å². The summed E-state index contributed by atoms with van der Waals surface area (Å²) >= 11 is 0. The number of hydrogen-bond donors (Lipinski definition) is 0. The lowest BCUT2D eigenvalue weighted by Crippen LogP contribution is -2.12. The molecule has 114 valence electrons. The summed E-state index contributed by atoms with van der Waals surface area (Å²) in [6, 6.07) is 0. The molecule has 0 atom stereocenters. The van der Waals surface area contributed by atoms with E-state index in [2.05, 4.69) is 25.1 Å². The minimum absolute atomic E-state index is 0.448. The molecule has 0 aliphatic heterocycles. The van der Waals surface area contributed by atoms with E-state index in [1.807, 2.05) is 23.6 Å². The fraction of sp³-hybridized carbons (Fsp3) is 0.500. The van der Waals surface area contributed by atoms with Crippen molar-refractivity contribution >= 4 is 17.0 Å². The van der Waals surface area contributed by atoms with Crippen LogP contribution in [0.2, 0.25) is 0 Å². The molecule has 1 fully saturated rings. The second-order valence-corrected chi connectivity index (χ2v) is 5.81. The van der Waals surface area contributed by atoms with Gasteiger partial charge in [-0.1, -0.05) is 11.6 Å². The Labute approximate surface area is 127 Å². The zero-order chi connectivity index (χ0) is 15.1. The number of nitrogens with zero attached hydrogens (tertiary/aromatic N) is 7. The van der Waals surface area contributed by atoms with Crippen molar-refractivity contribution in [3.05, 3.63) is 24.4 Å². The van der Waals surface area contributed by atoms with Crippen LogP contribution in [0.25, 0.3) is 11.2 Å². The Morgan fingerprint density at radius 1 is 1.27 bits per heavy atom. The number of fused-ring (bicyclic) bond motifs is 1. The second kappa shape index (κ2) is 5.04. The lowest BCUT2D eigenvalue weighted by atomic mass is 9.85. The largest absolute Gasteiger partial charge is 0.361 e. The quantitative estimate of drug-likeness (QED) is 0.723. The molecule has 8 nitrogen and oxygen atoms in total. The molecule has 0 bridgehead atoms. The van der Waals surface area contributed by atoms with Crippen LogP contribution in [-0.4, -0.2) is 43.8 Å². The average Bonchev–Trinajstić information content (AvgIpc) is 3.05. The summed E-state index contributed by atoms with van der Waals surface area (Å²) < 4.78 is 7.27. The van der Waals surface area contributed by atoms with Gasteiger partial charge in [0.2, 0.25) is 5.89 Å². The van der Waals surface area contributed by atoms with Gasteiger partial charge in [0, 0.05) is 20.0 Å². The maximum Gasteiger partial charge on any atom is 0.229 e. The molecule has 0 unspecified atom stereocenters. The zero-order valence-corrected chi connectivity index (χ0v) is 12.6. The molecule has 3 heterocycles. The Morgan fingerprint density at radius 2 is 2.14 bits per heavy atom. The fourth-order valence-corrected chi connectivity index (χ4v) is 2.62. The number of hydrogen-bond acceptors (Lipinski definition) is 7. The Kier molecular flexibility index (Phi) is 3.02. The normalized spacial score (nSPS) is 15.2. The Morgan fingerprint density at radius 3 is 2.86 bits per heavy atom. The van der Waals surface area contributed by atoms with E-state index in [9.17, 15) is 0 Å². The van der Waals surface area contributed by atoms with Gasteiger partial charge >= 0.3 is 0 Å². The maximum atomic E-state index is 5.36. The van der Waals surface area contributed by atoms with Gasteiger partial charge in [0.15, 0.2) is 22.8 Å². The standard InChI is InChI=1S/C14H17N7O/c1-20(2)12-11-13(16-7-15-12)21(8-17-11)6-10-18-14(22-19-10)9-4-3-5-9/h7-9H,3-6H2,1-2H3. The van der Waals surface area contributed by atoms with Gasteiger partial charge in [-0.2, -0.15) is 4.98 Å². The molecule has 3 aromatic heterocycles. The molecular formula is C14H17N7O. The highest BCUT2D eigenvalue weighted by molar-refractivity contribution is 5.83. The van der Waals surface area contributed by atoms with E-state index in [4.69, 9.17) is 4.52 Å². The second-order valence-electron chi connectivity index (χ2n) is 5.81. The van der Waals surface area contributed by atoms with Gasteiger partial charge in [-0.25, -0.2) is 15.0 Å². The molecule has 1 aliphatic carbocycles. The lowest BCUT2D eigenvalue weighted by Gasteiger charge is -2.20. The SMILES string of the molecule is CN(C)c1ncnc2c1ncn2Cc1noc(C2CCC2)n1. The third-order valence-corrected chi connectivity index (χ3v) is 4.06. The van der Waals surface area contributed by atoms with Crippen LogP contribution in [0.5, 0.6) is 0 Å². The van der Waals surface area contributed by atoms with Gasteiger partial charge in [-0.3, -0.25) is 0 Å². The summed E-state index contributed by atoms with van der Waals surface area (Å²) in [4.78, 5) is 19.4. The van der Waals surface area contributed by atoms with Crippen molar-refractivity contribution in [1.82, 2.24) is 29.7 Å². The van der Waals surface area contributed by atoms with Crippen LogP contribution in [0, 0.1) is 0 Å². The first-order valence-corrected chi connectivity index (χ1v) is 7.38. The molecule has 3 aromatic rings. The van der Waals surface area contributed by atoms with E-state index < -0.39 is 0 Å². The molecule has 22 heavy (non-hydrogen) atoms. The van der Waals surface area contributed by atoms with Crippen LogP contribution in [-0.2, 0) is 6.54 Å². The maximum absolute atomic E-state index is 5.36. The minimum atomic E-state index is 0.448. The summed E-state index contributed by atoms with van der Waals surface area (Å²) in [7, 11) is 3.87. The average molecular weight is 299 g/mol. The van der Waals surface area contributed by atoms with Crippen LogP contribution < -0.4 is 4.90 Å². The van der Waals surface area contributed by atoms with Crippen LogP contribution >= 0.6 is 0 Å². The highest BCUT2D eigenvalue weighted by atomic mass is 16.5. The molecule has 1 aliphatic rings. The molecule has 8 heteroatoms. The summed E-state index contributed by atoms with van der Waals surface area (Å²) in [6.45, 7) is 0.497. The van der Waals surface area contributed by atoms with Gasteiger partial charge in [0.1, 0.15) is 6.33 Å². The number of anilines is 1. The van der Waals surface area contributed by atoms with Crippen molar-refractivity contribution in [1.29, 1.82) is 0 Å². The number of aromatic nitrogens is 6. The molecule has 0 spiro atoms. The van der Waals surface area contributed by atoms with Gasteiger partial charge in [0.25, 0.3) is 0 Å². The van der Waals surface area contributed by atoms with Crippen molar-refractivity contribution in [2.45, 2.75) is 31.7 Å². The van der Waals surface area contributed by atoms with Crippen molar-refractivity contribution in [2.24, 2.45) is 0 Å². The molecule has 0 radical (unpaired) electrons. The Balaban J connectivity index is 1.64. The van der Waals surface area contributed by atoms with Crippen molar-refractivity contribution < 1.29 is 4.52 Å². The first-order chi connectivity index (χ1) is 10.7. The first kappa shape index (κ1) is 13.2. The van der Waals surface area contributed by atoms with Crippen LogP contribution in [0.1, 0.15) is 36.9 Å². The Bertz CT molecular complexity index is 802. The van der Waals surface area contributed by atoms with Gasteiger partial charge < -0.3 is 14.0 Å². The molecule has 0 saturated heterocycles. The topological polar surface area (TPSA) is 85.8 Å². The predicted molar refractivity (Wildman–Crippen MR) is 79.6 cm³/mol. The monoisotopic (exact) mass is 299 g/mol. The van der Waals surface area contributed by atoms with E-state index >= 15 is 0 Å². The zero-order valence-electron chi connectivity index (χ0n) is 12.6. The molecule has 4 rings (SSSR count). The summed E-state index contributed by atoms with van der Waals surface area (Å²) in [5, 5.41) is 4.07. The van der Waals surface area contributed by atoms with Gasteiger partial charge in [-0.05, 0) is 12.8 Å². The number of rotatable bonds is 4. The van der Waals surface area contributed by atoms with E-state index in [0.29, 0.717) is 18.3 Å². The summed E-state index contributed by atoms with van der Waals surface area (Å²) in [5.41, 5.74) is 1.55. The molecule has 1 saturated carbocycles. The fourth-order valence-electron chi connectivity index (χ4n) is 2.62. The summed E-state index contributed by atoms with van der Waals surface area (Å²) in [5.74, 6) is 2.66. The Hall–Kier alpha value is -2.51. The minimum Gasteiger partial charge on any atom is -0.361 e. The molecule has 0 amide bonds. The van der Waals surface area contributed by atoms with E-state index in [1.54, 1.807) is 12.7 Å². The third-order valence-electron chi connectivity index (χ3n) is 4.06. The molecule has 0 N–H and O–H groups in total. The highest BCUT2D eigenvalue weighted by Gasteiger charge is 2.25. The van der Waals surface area contributed by atoms with Crippen LogP contribution in [0.15, 0.2) is 17.2 Å².